The highest BCUT2D eigenvalue weighted by molar-refractivity contribution is 5.75. The predicted octanol–water partition coefficient (Wildman–Crippen LogP) is 2.26. The Hall–Kier alpha value is -0.330. The Bertz CT molecular complexity index is 140. The summed E-state index contributed by atoms with van der Waals surface area (Å²) in [4.78, 5) is 10.7. The van der Waals surface area contributed by atoms with Gasteiger partial charge in [0.05, 0.1) is 0 Å². The van der Waals surface area contributed by atoms with Gasteiger partial charge in [-0.05, 0) is 31.1 Å². The zero-order chi connectivity index (χ0) is 7.72. The van der Waals surface area contributed by atoms with E-state index in [0.717, 1.165) is 18.3 Å². The molecule has 0 aliphatic heterocycles. The Morgan fingerprint density at radius 2 is 2.10 bits per heavy atom. The van der Waals surface area contributed by atoms with E-state index in [-0.39, 0.29) is 0 Å². The Kier molecular flexibility index (Phi) is 2.12. The highest BCUT2D eigenvalue weighted by Gasteiger charge is 2.34. The molecular formula is C9H16O. The number of rotatable bonds is 2. The van der Waals surface area contributed by atoms with Gasteiger partial charge in [-0.3, -0.25) is 0 Å². The van der Waals surface area contributed by atoms with Gasteiger partial charge in [-0.25, -0.2) is 0 Å². The third-order valence-corrected chi connectivity index (χ3v) is 2.87. The summed E-state index contributed by atoms with van der Waals surface area (Å²) in [6.45, 7) is 6.21. The van der Waals surface area contributed by atoms with Gasteiger partial charge in [-0.2, -0.15) is 0 Å². The summed E-state index contributed by atoms with van der Waals surface area (Å²) in [5.74, 6) is 2.68. The van der Waals surface area contributed by atoms with Crippen LogP contribution in [0.15, 0.2) is 0 Å². The van der Waals surface area contributed by atoms with E-state index in [0.29, 0.717) is 11.7 Å². The molecule has 0 N–H and O–H groups in total. The SMILES string of the molecule is CC(=O)CC1CC(C)C1C. The molecule has 0 amide bonds. The molecule has 10 heavy (non-hydrogen) atoms. The maximum absolute atomic E-state index is 10.7. The van der Waals surface area contributed by atoms with Crippen LogP contribution < -0.4 is 0 Å². The maximum Gasteiger partial charge on any atom is 0.130 e. The van der Waals surface area contributed by atoms with Crippen molar-refractivity contribution in [1.29, 1.82) is 0 Å². The lowest BCUT2D eigenvalue weighted by Gasteiger charge is -2.40. The monoisotopic (exact) mass is 140 g/mol. The second-order valence-corrected chi connectivity index (χ2v) is 3.74. The van der Waals surface area contributed by atoms with Crippen LogP contribution in [0.5, 0.6) is 0 Å². The summed E-state index contributed by atoms with van der Waals surface area (Å²) in [5.41, 5.74) is 0. The molecule has 1 saturated carbocycles. The van der Waals surface area contributed by atoms with Gasteiger partial charge in [0.25, 0.3) is 0 Å². The van der Waals surface area contributed by atoms with Gasteiger partial charge in [-0.15, -0.1) is 0 Å². The first kappa shape index (κ1) is 7.77. The lowest BCUT2D eigenvalue weighted by atomic mass is 9.65. The molecule has 3 unspecified atom stereocenters. The first-order valence-corrected chi connectivity index (χ1v) is 4.10. The molecule has 0 bridgehead atoms. The molecular weight excluding hydrogens is 124 g/mol. The fourth-order valence-corrected chi connectivity index (χ4v) is 1.81. The summed E-state index contributed by atoms with van der Waals surface area (Å²) in [5, 5.41) is 0. The zero-order valence-corrected chi connectivity index (χ0v) is 7.05. The van der Waals surface area contributed by atoms with Crippen molar-refractivity contribution in [2.24, 2.45) is 17.8 Å². The first-order valence-electron chi connectivity index (χ1n) is 4.10. The fraction of sp³-hybridized carbons (Fsp3) is 0.889. The Morgan fingerprint density at radius 1 is 1.50 bits per heavy atom. The zero-order valence-electron chi connectivity index (χ0n) is 7.05. The van der Waals surface area contributed by atoms with Gasteiger partial charge in [0.2, 0.25) is 0 Å². The fourth-order valence-electron chi connectivity index (χ4n) is 1.81. The molecule has 0 radical (unpaired) electrons. The van der Waals surface area contributed by atoms with Crippen LogP contribution >= 0.6 is 0 Å². The quantitative estimate of drug-likeness (QED) is 0.575. The molecule has 0 aromatic heterocycles. The minimum absolute atomic E-state index is 0.351. The van der Waals surface area contributed by atoms with Crippen LogP contribution in [-0.4, -0.2) is 5.78 Å². The molecule has 1 aliphatic rings. The molecule has 1 aliphatic carbocycles. The van der Waals surface area contributed by atoms with Gasteiger partial charge in [0.15, 0.2) is 0 Å². The lowest BCUT2D eigenvalue weighted by Crippen LogP contribution is -2.33. The molecule has 3 atom stereocenters. The van der Waals surface area contributed by atoms with Gasteiger partial charge < -0.3 is 4.79 Å². The predicted molar refractivity (Wildman–Crippen MR) is 41.7 cm³/mol. The summed E-state index contributed by atoms with van der Waals surface area (Å²) in [6.07, 6.45) is 2.08. The van der Waals surface area contributed by atoms with Crippen LogP contribution in [0.1, 0.15) is 33.6 Å². The maximum atomic E-state index is 10.7. The summed E-state index contributed by atoms with van der Waals surface area (Å²) in [7, 11) is 0. The largest absolute Gasteiger partial charge is 0.300 e. The molecule has 0 aromatic rings. The van der Waals surface area contributed by atoms with Crippen molar-refractivity contribution in [3.05, 3.63) is 0 Å². The van der Waals surface area contributed by atoms with Gasteiger partial charge in [0.1, 0.15) is 5.78 Å². The van der Waals surface area contributed by atoms with E-state index in [1.165, 1.54) is 6.42 Å². The summed E-state index contributed by atoms with van der Waals surface area (Å²) < 4.78 is 0. The molecule has 0 heterocycles. The van der Waals surface area contributed by atoms with Gasteiger partial charge >= 0.3 is 0 Å². The highest BCUT2D eigenvalue weighted by Crippen LogP contribution is 2.41. The molecule has 1 rings (SSSR count). The van der Waals surface area contributed by atoms with Gasteiger partial charge in [-0.1, -0.05) is 13.8 Å². The van der Waals surface area contributed by atoms with E-state index in [2.05, 4.69) is 13.8 Å². The topological polar surface area (TPSA) is 17.1 Å². The second-order valence-electron chi connectivity index (χ2n) is 3.74. The number of carbonyl (C=O) groups excluding carboxylic acids is 1. The van der Waals surface area contributed by atoms with Crippen LogP contribution in [0.4, 0.5) is 0 Å². The van der Waals surface area contributed by atoms with Gasteiger partial charge in [0, 0.05) is 6.42 Å². The van der Waals surface area contributed by atoms with E-state index in [1.807, 2.05) is 0 Å². The Morgan fingerprint density at radius 3 is 2.40 bits per heavy atom. The molecule has 1 nitrogen and oxygen atoms in total. The molecule has 1 heteroatoms. The number of ketones is 1. The van der Waals surface area contributed by atoms with E-state index in [1.54, 1.807) is 6.92 Å². The summed E-state index contributed by atoms with van der Waals surface area (Å²) >= 11 is 0. The Balaban J connectivity index is 2.27. The van der Waals surface area contributed by atoms with Crippen LogP contribution in [-0.2, 0) is 4.79 Å². The number of carbonyl (C=O) groups is 1. The smallest absolute Gasteiger partial charge is 0.130 e. The van der Waals surface area contributed by atoms with Crippen LogP contribution in [0.2, 0.25) is 0 Å². The van der Waals surface area contributed by atoms with Crippen molar-refractivity contribution in [1.82, 2.24) is 0 Å². The first-order chi connectivity index (χ1) is 4.61. The van der Waals surface area contributed by atoms with Crippen molar-refractivity contribution in [2.45, 2.75) is 33.6 Å². The third-order valence-electron chi connectivity index (χ3n) is 2.87. The summed E-state index contributed by atoms with van der Waals surface area (Å²) in [6, 6.07) is 0. The number of Topliss-reactive ketones (excluding diaryl/α,β-unsaturated/α-hetero) is 1. The van der Waals surface area contributed by atoms with Crippen molar-refractivity contribution in [3.63, 3.8) is 0 Å². The minimum atomic E-state index is 0.351. The molecule has 0 saturated heterocycles. The van der Waals surface area contributed by atoms with Crippen molar-refractivity contribution >= 4 is 5.78 Å². The molecule has 1 fully saturated rings. The Labute approximate surface area is 62.8 Å². The van der Waals surface area contributed by atoms with Crippen molar-refractivity contribution < 1.29 is 4.79 Å². The standard InChI is InChI=1S/C9H16O/c1-6-4-9(8(6)3)5-7(2)10/h6,8-9H,4-5H2,1-3H3. The second kappa shape index (κ2) is 2.73. The minimum Gasteiger partial charge on any atom is -0.300 e. The normalized spacial score (nSPS) is 38.9. The number of hydrogen-bond acceptors (Lipinski definition) is 1. The third kappa shape index (κ3) is 1.39. The van der Waals surface area contributed by atoms with Crippen molar-refractivity contribution in [2.75, 3.05) is 0 Å². The van der Waals surface area contributed by atoms with Crippen LogP contribution in [0.3, 0.4) is 0 Å². The van der Waals surface area contributed by atoms with E-state index < -0.39 is 0 Å². The molecule has 0 aromatic carbocycles. The average Bonchev–Trinajstić information content (AvgIpc) is 1.86. The van der Waals surface area contributed by atoms with E-state index in [4.69, 9.17) is 0 Å². The molecule has 0 spiro atoms. The van der Waals surface area contributed by atoms with E-state index >= 15 is 0 Å². The lowest BCUT2D eigenvalue weighted by molar-refractivity contribution is -0.119. The van der Waals surface area contributed by atoms with E-state index in [9.17, 15) is 4.79 Å². The van der Waals surface area contributed by atoms with Crippen LogP contribution in [0, 0.1) is 17.8 Å². The highest BCUT2D eigenvalue weighted by atomic mass is 16.1. The average molecular weight is 140 g/mol. The van der Waals surface area contributed by atoms with Crippen molar-refractivity contribution in [3.8, 4) is 0 Å². The molecule has 58 valence electrons. The van der Waals surface area contributed by atoms with Crippen LogP contribution in [0.25, 0.3) is 0 Å². The number of hydrogen-bond donors (Lipinski definition) is 0.